The Hall–Kier alpha value is -2.73. The van der Waals surface area contributed by atoms with E-state index in [0.29, 0.717) is 10.6 Å². The van der Waals surface area contributed by atoms with E-state index in [0.717, 1.165) is 5.56 Å². The highest BCUT2D eigenvalue weighted by Crippen LogP contribution is 2.17. The van der Waals surface area contributed by atoms with E-state index in [1.165, 1.54) is 0 Å². The van der Waals surface area contributed by atoms with Crippen LogP contribution in [0.5, 0.6) is 0 Å². The van der Waals surface area contributed by atoms with E-state index in [9.17, 15) is 4.79 Å². The molecule has 0 saturated carbocycles. The zero-order valence-electron chi connectivity index (χ0n) is 11.4. The van der Waals surface area contributed by atoms with Crippen molar-refractivity contribution in [3.63, 3.8) is 0 Å². The van der Waals surface area contributed by atoms with Crippen LogP contribution in [0.4, 0.5) is 0 Å². The standard InChI is InChI=1S/C15H11ClN4O2/c16-12-4-2-1-3-11(12)9-18-13(21)15-20-19-14(22-15)10-5-7-17-8-6-10/h1-8H,9H2,(H,18,21). The molecule has 2 aromatic heterocycles. The van der Waals surface area contributed by atoms with Crippen molar-refractivity contribution in [2.75, 3.05) is 0 Å². The third kappa shape index (κ3) is 3.12. The Morgan fingerprint density at radius 1 is 1.14 bits per heavy atom. The second-order valence-electron chi connectivity index (χ2n) is 4.42. The molecule has 0 unspecified atom stereocenters. The summed E-state index contributed by atoms with van der Waals surface area (Å²) in [5, 5.41) is 10.9. The van der Waals surface area contributed by atoms with Crippen LogP contribution in [-0.2, 0) is 6.54 Å². The van der Waals surface area contributed by atoms with Crippen LogP contribution in [0.1, 0.15) is 16.2 Å². The van der Waals surface area contributed by atoms with Crippen molar-refractivity contribution in [1.29, 1.82) is 0 Å². The summed E-state index contributed by atoms with van der Waals surface area (Å²) in [6, 6.07) is 10.7. The van der Waals surface area contributed by atoms with Gasteiger partial charge in [-0.3, -0.25) is 9.78 Å². The molecule has 0 saturated heterocycles. The highest BCUT2D eigenvalue weighted by atomic mass is 35.5. The Labute approximate surface area is 131 Å². The fraction of sp³-hybridized carbons (Fsp3) is 0.0667. The summed E-state index contributed by atoms with van der Waals surface area (Å²) in [5.74, 6) is -0.281. The predicted molar refractivity (Wildman–Crippen MR) is 80.2 cm³/mol. The summed E-state index contributed by atoms with van der Waals surface area (Å²) in [6.45, 7) is 0.283. The minimum atomic E-state index is -0.451. The first-order chi connectivity index (χ1) is 10.7. The lowest BCUT2D eigenvalue weighted by Crippen LogP contribution is -2.23. The number of nitrogens with zero attached hydrogens (tertiary/aromatic N) is 3. The number of pyridine rings is 1. The fourth-order valence-corrected chi connectivity index (χ4v) is 2.02. The first kappa shape index (κ1) is 14.2. The molecule has 1 N–H and O–H groups in total. The summed E-state index contributed by atoms with van der Waals surface area (Å²) in [7, 11) is 0. The molecule has 3 aromatic rings. The van der Waals surface area contributed by atoms with Crippen LogP contribution in [0.3, 0.4) is 0 Å². The average Bonchev–Trinajstić information content (AvgIpc) is 3.05. The van der Waals surface area contributed by atoms with Crippen LogP contribution in [0.2, 0.25) is 5.02 Å². The van der Waals surface area contributed by atoms with Crippen molar-refractivity contribution in [3.05, 3.63) is 65.3 Å². The molecular weight excluding hydrogens is 304 g/mol. The number of rotatable bonds is 4. The van der Waals surface area contributed by atoms with Crippen LogP contribution >= 0.6 is 11.6 Å². The topological polar surface area (TPSA) is 80.9 Å². The molecule has 7 heteroatoms. The zero-order valence-corrected chi connectivity index (χ0v) is 12.1. The number of carbonyl (C=O) groups is 1. The number of nitrogens with one attached hydrogen (secondary N) is 1. The molecule has 1 aromatic carbocycles. The van der Waals surface area contributed by atoms with Gasteiger partial charge in [-0.2, -0.15) is 0 Å². The van der Waals surface area contributed by atoms with E-state index in [1.54, 1.807) is 30.6 Å². The molecular formula is C15H11ClN4O2. The van der Waals surface area contributed by atoms with Crippen LogP contribution in [0.15, 0.2) is 53.2 Å². The number of carbonyl (C=O) groups excluding carboxylic acids is 1. The lowest BCUT2D eigenvalue weighted by Gasteiger charge is -2.04. The third-order valence-corrected chi connectivity index (χ3v) is 3.31. The largest absolute Gasteiger partial charge is 0.412 e. The van der Waals surface area contributed by atoms with Crippen LogP contribution in [0, 0.1) is 0 Å². The maximum atomic E-state index is 12.0. The normalized spacial score (nSPS) is 10.4. The number of hydrogen-bond donors (Lipinski definition) is 1. The van der Waals surface area contributed by atoms with Crippen LogP contribution in [0.25, 0.3) is 11.5 Å². The Morgan fingerprint density at radius 2 is 1.91 bits per heavy atom. The summed E-state index contributed by atoms with van der Waals surface area (Å²) < 4.78 is 5.36. The maximum absolute atomic E-state index is 12.0. The van der Waals surface area contributed by atoms with Gasteiger partial charge in [0.25, 0.3) is 0 Å². The van der Waals surface area contributed by atoms with E-state index >= 15 is 0 Å². The van der Waals surface area contributed by atoms with Crippen molar-refractivity contribution >= 4 is 17.5 Å². The predicted octanol–water partition coefficient (Wildman–Crippen LogP) is 2.72. The average molecular weight is 315 g/mol. The van der Waals surface area contributed by atoms with E-state index in [4.69, 9.17) is 16.0 Å². The molecule has 0 spiro atoms. The molecule has 0 aliphatic heterocycles. The highest BCUT2D eigenvalue weighted by Gasteiger charge is 2.15. The van der Waals surface area contributed by atoms with Gasteiger partial charge >= 0.3 is 11.8 Å². The SMILES string of the molecule is O=C(NCc1ccccc1Cl)c1nnc(-c2ccncc2)o1. The van der Waals surface area contributed by atoms with Gasteiger partial charge < -0.3 is 9.73 Å². The van der Waals surface area contributed by atoms with Gasteiger partial charge in [0.1, 0.15) is 0 Å². The number of aromatic nitrogens is 3. The summed E-state index contributed by atoms with van der Waals surface area (Å²) in [5.41, 5.74) is 1.51. The maximum Gasteiger partial charge on any atom is 0.309 e. The van der Waals surface area contributed by atoms with Gasteiger partial charge in [-0.25, -0.2) is 0 Å². The molecule has 2 heterocycles. The van der Waals surface area contributed by atoms with Gasteiger partial charge in [-0.1, -0.05) is 29.8 Å². The Morgan fingerprint density at radius 3 is 2.68 bits per heavy atom. The highest BCUT2D eigenvalue weighted by molar-refractivity contribution is 6.31. The van der Waals surface area contributed by atoms with Crippen molar-refractivity contribution in [2.24, 2.45) is 0 Å². The molecule has 0 aliphatic rings. The van der Waals surface area contributed by atoms with E-state index < -0.39 is 5.91 Å². The molecule has 0 fully saturated rings. The monoisotopic (exact) mass is 314 g/mol. The van der Waals surface area contributed by atoms with Crippen molar-refractivity contribution in [3.8, 4) is 11.5 Å². The first-order valence-electron chi connectivity index (χ1n) is 6.49. The van der Waals surface area contributed by atoms with Gasteiger partial charge in [0.05, 0.1) is 0 Å². The van der Waals surface area contributed by atoms with Crippen molar-refractivity contribution in [1.82, 2.24) is 20.5 Å². The van der Waals surface area contributed by atoms with E-state index in [-0.39, 0.29) is 18.3 Å². The fourth-order valence-electron chi connectivity index (χ4n) is 1.82. The van der Waals surface area contributed by atoms with Gasteiger partial charge in [-0.05, 0) is 23.8 Å². The minimum Gasteiger partial charge on any atom is -0.412 e. The molecule has 0 bridgehead atoms. The quantitative estimate of drug-likeness (QED) is 0.800. The summed E-state index contributed by atoms with van der Waals surface area (Å²) >= 11 is 6.03. The second-order valence-corrected chi connectivity index (χ2v) is 4.83. The number of halogens is 1. The summed E-state index contributed by atoms with van der Waals surface area (Å²) in [4.78, 5) is 15.9. The van der Waals surface area contributed by atoms with Crippen molar-refractivity contribution in [2.45, 2.75) is 6.54 Å². The summed E-state index contributed by atoms with van der Waals surface area (Å²) in [6.07, 6.45) is 3.22. The lowest BCUT2D eigenvalue weighted by molar-refractivity contribution is 0.0917. The van der Waals surface area contributed by atoms with Gasteiger partial charge in [-0.15, -0.1) is 10.2 Å². The third-order valence-electron chi connectivity index (χ3n) is 2.94. The van der Waals surface area contributed by atoms with E-state index in [1.807, 2.05) is 18.2 Å². The van der Waals surface area contributed by atoms with Crippen molar-refractivity contribution < 1.29 is 9.21 Å². The zero-order chi connectivity index (χ0) is 15.4. The molecule has 1 amide bonds. The van der Waals surface area contributed by atoms with Gasteiger partial charge in [0.2, 0.25) is 5.89 Å². The number of hydrogen-bond acceptors (Lipinski definition) is 5. The smallest absolute Gasteiger partial charge is 0.309 e. The molecule has 110 valence electrons. The number of amides is 1. The molecule has 6 nitrogen and oxygen atoms in total. The van der Waals surface area contributed by atoms with Crippen LogP contribution < -0.4 is 5.32 Å². The molecule has 22 heavy (non-hydrogen) atoms. The number of benzene rings is 1. The van der Waals surface area contributed by atoms with Gasteiger partial charge in [0, 0.05) is 29.5 Å². The Kier molecular flexibility index (Phi) is 4.11. The van der Waals surface area contributed by atoms with Crippen LogP contribution in [-0.4, -0.2) is 21.1 Å². The Bertz CT molecular complexity index is 789. The molecule has 3 rings (SSSR count). The van der Waals surface area contributed by atoms with Gasteiger partial charge in [0.15, 0.2) is 0 Å². The first-order valence-corrected chi connectivity index (χ1v) is 6.87. The lowest BCUT2D eigenvalue weighted by atomic mass is 10.2. The van der Waals surface area contributed by atoms with E-state index in [2.05, 4.69) is 20.5 Å². The molecule has 0 atom stereocenters. The molecule has 0 aliphatic carbocycles. The Balaban J connectivity index is 1.69. The molecule has 0 radical (unpaired) electrons. The minimum absolute atomic E-state index is 0.0983. The second kappa shape index (κ2) is 6.36.